The highest BCUT2D eigenvalue weighted by atomic mass is 16.6. The molecule has 2 N–H and O–H groups in total. The molecule has 0 saturated heterocycles. The van der Waals surface area contributed by atoms with Gasteiger partial charge in [0.15, 0.2) is 11.5 Å². The van der Waals surface area contributed by atoms with E-state index in [1.54, 1.807) is 0 Å². The zero-order valence-electron chi connectivity index (χ0n) is 12.3. The van der Waals surface area contributed by atoms with Crippen LogP contribution in [0, 0.1) is 11.8 Å². The molecule has 1 heterocycles. The molecule has 0 amide bonds. The molecule has 0 aromatic heterocycles. The summed E-state index contributed by atoms with van der Waals surface area (Å²) in [7, 11) is 0. The summed E-state index contributed by atoms with van der Waals surface area (Å²) in [6.07, 6.45) is 6.44. The number of benzene rings is 1. The number of fused-ring (bicyclic) bond motifs is 1. The quantitative estimate of drug-likeness (QED) is 0.915. The van der Waals surface area contributed by atoms with Crippen LogP contribution >= 0.6 is 0 Å². The molecule has 1 aliphatic heterocycles. The van der Waals surface area contributed by atoms with Gasteiger partial charge in [-0.15, -0.1) is 0 Å². The minimum atomic E-state index is 0.0704. The third kappa shape index (κ3) is 2.64. The summed E-state index contributed by atoms with van der Waals surface area (Å²) >= 11 is 0. The second kappa shape index (κ2) is 6.04. The average molecular weight is 275 g/mol. The van der Waals surface area contributed by atoms with Gasteiger partial charge in [-0.05, 0) is 30.7 Å². The molecule has 3 unspecified atom stereocenters. The first-order valence-corrected chi connectivity index (χ1v) is 7.93. The van der Waals surface area contributed by atoms with Crippen LogP contribution in [0.25, 0.3) is 0 Å². The third-order valence-electron chi connectivity index (χ3n) is 4.86. The normalized spacial score (nSPS) is 27.1. The van der Waals surface area contributed by atoms with Crippen LogP contribution < -0.4 is 15.2 Å². The smallest absolute Gasteiger partial charge is 0.166 e. The van der Waals surface area contributed by atoms with E-state index in [2.05, 4.69) is 13.0 Å². The molecule has 3 rings (SSSR count). The first kappa shape index (κ1) is 13.7. The van der Waals surface area contributed by atoms with Crippen molar-refractivity contribution in [2.24, 2.45) is 17.6 Å². The van der Waals surface area contributed by atoms with Crippen LogP contribution in [-0.2, 0) is 0 Å². The maximum absolute atomic E-state index is 6.58. The molecule has 1 aliphatic carbocycles. The van der Waals surface area contributed by atoms with Crippen molar-refractivity contribution in [3.63, 3.8) is 0 Å². The van der Waals surface area contributed by atoms with E-state index in [0.717, 1.165) is 23.0 Å². The molecule has 1 aromatic carbocycles. The van der Waals surface area contributed by atoms with E-state index in [4.69, 9.17) is 15.2 Å². The van der Waals surface area contributed by atoms with Crippen LogP contribution in [0.15, 0.2) is 18.2 Å². The zero-order chi connectivity index (χ0) is 13.9. The SMILES string of the molecule is CCC1CCCC(C(N)c2cccc3c2OCCO3)C1. The van der Waals surface area contributed by atoms with Crippen LogP contribution in [0.5, 0.6) is 11.5 Å². The molecule has 0 bridgehead atoms. The largest absolute Gasteiger partial charge is 0.486 e. The highest BCUT2D eigenvalue weighted by molar-refractivity contribution is 5.49. The van der Waals surface area contributed by atoms with Crippen molar-refractivity contribution in [1.29, 1.82) is 0 Å². The van der Waals surface area contributed by atoms with E-state index in [0.29, 0.717) is 19.1 Å². The first-order chi connectivity index (χ1) is 9.79. The van der Waals surface area contributed by atoms with Gasteiger partial charge in [0.05, 0.1) is 0 Å². The summed E-state index contributed by atoms with van der Waals surface area (Å²) < 4.78 is 11.5. The predicted molar refractivity (Wildman–Crippen MR) is 80.1 cm³/mol. The number of hydrogen-bond acceptors (Lipinski definition) is 3. The molecule has 3 nitrogen and oxygen atoms in total. The van der Waals surface area contributed by atoms with E-state index in [-0.39, 0.29) is 6.04 Å². The number of hydrogen-bond donors (Lipinski definition) is 1. The van der Waals surface area contributed by atoms with Crippen molar-refractivity contribution in [3.05, 3.63) is 23.8 Å². The summed E-state index contributed by atoms with van der Waals surface area (Å²) in [4.78, 5) is 0. The molecule has 1 fully saturated rings. The maximum atomic E-state index is 6.58. The Hall–Kier alpha value is -1.22. The summed E-state index contributed by atoms with van der Waals surface area (Å²) in [5, 5.41) is 0. The van der Waals surface area contributed by atoms with Crippen molar-refractivity contribution in [3.8, 4) is 11.5 Å². The Morgan fingerprint density at radius 1 is 1.25 bits per heavy atom. The molecule has 2 aliphatic rings. The minimum absolute atomic E-state index is 0.0704. The molecule has 1 aromatic rings. The van der Waals surface area contributed by atoms with Crippen molar-refractivity contribution in [2.45, 2.75) is 45.1 Å². The standard InChI is InChI=1S/C17H25NO2/c1-2-12-5-3-6-13(11-12)16(18)14-7-4-8-15-17(14)20-10-9-19-15/h4,7-8,12-13,16H,2-3,5-6,9-11,18H2,1H3. The molecule has 1 saturated carbocycles. The van der Waals surface area contributed by atoms with E-state index in [9.17, 15) is 0 Å². The lowest BCUT2D eigenvalue weighted by Crippen LogP contribution is -2.28. The maximum Gasteiger partial charge on any atom is 0.166 e. The van der Waals surface area contributed by atoms with Crippen LogP contribution in [0.4, 0.5) is 0 Å². The molecule has 3 atom stereocenters. The van der Waals surface area contributed by atoms with Gasteiger partial charge in [0, 0.05) is 11.6 Å². The van der Waals surface area contributed by atoms with Crippen LogP contribution in [-0.4, -0.2) is 13.2 Å². The van der Waals surface area contributed by atoms with Gasteiger partial charge in [-0.25, -0.2) is 0 Å². The van der Waals surface area contributed by atoms with Gasteiger partial charge in [-0.3, -0.25) is 0 Å². The van der Waals surface area contributed by atoms with Crippen molar-refractivity contribution in [2.75, 3.05) is 13.2 Å². The Labute approximate surface area is 121 Å². The topological polar surface area (TPSA) is 44.5 Å². The lowest BCUT2D eigenvalue weighted by atomic mass is 9.75. The van der Waals surface area contributed by atoms with Gasteiger partial charge >= 0.3 is 0 Å². The van der Waals surface area contributed by atoms with E-state index < -0.39 is 0 Å². The minimum Gasteiger partial charge on any atom is -0.486 e. The first-order valence-electron chi connectivity index (χ1n) is 7.93. The Balaban J connectivity index is 1.81. The fourth-order valence-corrected chi connectivity index (χ4v) is 3.64. The highest BCUT2D eigenvalue weighted by Gasteiger charge is 2.29. The predicted octanol–water partition coefficient (Wildman–Crippen LogP) is 3.67. The zero-order valence-corrected chi connectivity index (χ0v) is 12.3. The molecule has 0 spiro atoms. The summed E-state index contributed by atoms with van der Waals surface area (Å²) in [6, 6.07) is 6.18. The number of rotatable bonds is 3. The second-order valence-corrected chi connectivity index (χ2v) is 6.10. The Bertz CT molecular complexity index is 460. The Kier molecular flexibility index (Phi) is 4.16. The van der Waals surface area contributed by atoms with Crippen LogP contribution in [0.1, 0.15) is 50.6 Å². The lowest BCUT2D eigenvalue weighted by Gasteiger charge is -2.34. The van der Waals surface area contributed by atoms with Crippen LogP contribution in [0.2, 0.25) is 0 Å². The van der Waals surface area contributed by atoms with E-state index >= 15 is 0 Å². The fraction of sp³-hybridized carbons (Fsp3) is 0.647. The number of ether oxygens (including phenoxy) is 2. The molecular weight excluding hydrogens is 250 g/mol. The monoisotopic (exact) mass is 275 g/mol. The van der Waals surface area contributed by atoms with Crippen molar-refractivity contribution in [1.82, 2.24) is 0 Å². The van der Waals surface area contributed by atoms with E-state index in [1.807, 2.05) is 12.1 Å². The van der Waals surface area contributed by atoms with Crippen molar-refractivity contribution < 1.29 is 9.47 Å². The Morgan fingerprint density at radius 3 is 2.95 bits per heavy atom. The molecule has 3 heteroatoms. The highest BCUT2D eigenvalue weighted by Crippen LogP contribution is 2.43. The fourth-order valence-electron chi connectivity index (χ4n) is 3.64. The molecule has 110 valence electrons. The summed E-state index contributed by atoms with van der Waals surface area (Å²) in [6.45, 7) is 3.55. The number of para-hydroxylation sites is 1. The number of nitrogens with two attached hydrogens (primary N) is 1. The van der Waals surface area contributed by atoms with Gasteiger partial charge < -0.3 is 15.2 Å². The lowest BCUT2D eigenvalue weighted by molar-refractivity contribution is 0.165. The van der Waals surface area contributed by atoms with Gasteiger partial charge in [0.1, 0.15) is 13.2 Å². The molecular formula is C17H25NO2. The summed E-state index contributed by atoms with van der Waals surface area (Å²) in [5.74, 6) is 3.15. The summed E-state index contributed by atoms with van der Waals surface area (Å²) in [5.41, 5.74) is 7.70. The van der Waals surface area contributed by atoms with Crippen molar-refractivity contribution >= 4 is 0 Å². The van der Waals surface area contributed by atoms with Gasteiger partial charge in [0.2, 0.25) is 0 Å². The van der Waals surface area contributed by atoms with Gasteiger partial charge in [0.25, 0.3) is 0 Å². The van der Waals surface area contributed by atoms with Gasteiger partial charge in [-0.1, -0.05) is 38.3 Å². The average Bonchev–Trinajstić information content (AvgIpc) is 2.53. The third-order valence-corrected chi connectivity index (χ3v) is 4.86. The van der Waals surface area contributed by atoms with Gasteiger partial charge in [-0.2, -0.15) is 0 Å². The second-order valence-electron chi connectivity index (χ2n) is 6.10. The Morgan fingerprint density at radius 2 is 2.10 bits per heavy atom. The van der Waals surface area contributed by atoms with E-state index in [1.165, 1.54) is 32.1 Å². The van der Waals surface area contributed by atoms with Crippen LogP contribution in [0.3, 0.4) is 0 Å². The molecule has 20 heavy (non-hydrogen) atoms. The molecule has 0 radical (unpaired) electrons.